The highest BCUT2D eigenvalue weighted by Gasteiger charge is 2.36. The van der Waals surface area contributed by atoms with Crippen LogP contribution < -0.4 is 11.1 Å². The third-order valence-corrected chi connectivity index (χ3v) is 5.10. The number of hydrogen-bond donors (Lipinski definition) is 2. The second kappa shape index (κ2) is 7.72. The number of aromatic nitrogens is 2. The SMILES string of the molecule is C[C@@]1(c2cc(NC(=O)c3ccc(C#N)cn3)ccn2)C[C@@H](CF)SC(N)=N1. The Morgan fingerprint density at radius 3 is 2.96 bits per heavy atom. The van der Waals surface area contributed by atoms with E-state index >= 15 is 0 Å². The van der Waals surface area contributed by atoms with Gasteiger partial charge in [-0.1, -0.05) is 11.8 Å². The van der Waals surface area contributed by atoms with E-state index in [1.54, 1.807) is 18.3 Å². The van der Waals surface area contributed by atoms with Crippen molar-refractivity contribution in [3.8, 4) is 6.07 Å². The molecule has 1 aliphatic rings. The fraction of sp³-hybridized carbons (Fsp3) is 0.278. The molecule has 0 aliphatic carbocycles. The molecule has 138 valence electrons. The number of hydrogen-bond acceptors (Lipinski definition) is 7. The number of alkyl halides is 1. The number of nitriles is 1. The van der Waals surface area contributed by atoms with Gasteiger partial charge in [0.1, 0.15) is 24.0 Å². The van der Waals surface area contributed by atoms with Crippen molar-refractivity contribution in [3.63, 3.8) is 0 Å². The second-order valence-electron chi connectivity index (χ2n) is 6.25. The van der Waals surface area contributed by atoms with Crippen LogP contribution in [0.4, 0.5) is 10.1 Å². The molecule has 7 nitrogen and oxygen atoms in total. The van der Waals surface area contributed by atoms with E-state index in [1.165, 1.54) is 30.1 Å². The summed E-state index contributed by atoms with van der Waals surface area (Å²) >= 11 is 1.22. The van der Waals surface area contributed by atoms with Gasteiger partial charge in [0.05, 0.1) is 11.3 Å². The number of nitrogens with two attached hydrogens (primary N) is 1. The normalized spacial score (nSPS) is 21.8. The Balaban J connectivity index is 1.82. The molecule has 9 heteroatoms. The lowest BCUT2D eigenvalue weighted by Crippen LogP contribution is -2.35. The average Bonchev–Trinajstić information content (AvgIpc) is 2.67. The molecule has 1 aliphatic heterocycles. The van der Waals surface area contributed by atoms with Gasteiger partial charge < -0.3 is 11.1 Å². The van der Waals surface area contributed by atoms with E-state index in [1.807, 2.05) is 13.0 Å². The van der Waals surface area contributed by atoms with Crippen molar-refractivity contribution in [2.45, 2.75) is 24.1 Å². The van der Waals surface area contributed by atoms with Crippen LogP contribution in [0.1, 0.15) is 35.1 Å². The highest BCUT2D eigenvalue weighted by molar-refractivity contribution is 8.14. The number of amidine groups is 1. The second-order valence-corrected chi connectivity index (χ2v) is 7.57. The van der Waals surface area contributed by atoms with Gasteiger partial charge in [-0.05, 0) is 37.6 Å². The predicted molar refractivity (Wildman–Crippen MR) is 102 cm³/mol. The van der Waals surface area contributed by atoms with Crippen molar-refractivity contribution < 1.29 is 9.18 Å². The van der Waals surface area contributed by atoms with Crippen LogP contribution in [0, 0.1) is 11.3 Å². The Kier molecular flexibility index (Phi) is 5.37. The molecule has 3 N–H and O–H groups in total. The number of nitrogens with zero attached hydrogens (tertiary/aromatic N) is 4. The number of carbonyl (C=O) groups excluding carboxylic acids is 1. The van der Waals surface area contributed by atoms with Gasteiger partial charge in [-0.2, -0.15) is 5.26 Å². The van der Waals surface area contributed by atoms with Crippen molar-refractivity contribution in [2.75, 3.05) is 12.0 Å². The molecule has 1 amide bonds. The molecule has 0 saturated heterocycles. The average molecular weight is 384 g/mol. The van der Waals surface area contributed by atoms with Gasteiger partial charge in [-0.3, -0.25) is 9.78 Å². The quantitative estimate of drug-likeness (QED) is 0.837. The molecule has 0 bridgehead atoms. The van der Waals surface area contributed by atoms with Gasteiger partial charge in [-0.25, -0.2) is 14.4 Å². The summed E-state index contributed by atoms with van der Waals surface area (Å²) < 4.78 is 13.2. The van der Waals surface area contributed by atoms with Crippen LogP contribution >= 0.6 is 11.8 Å². The first kappa shape index (κ1) is 18.8. The third-order valence-electron chi connectivity index (χ3n) is 4.14. The Morgan fingerprint density at radius 2 is 2.30 bits per heavy atom. The van der Waals surface area contributed by atoms with Gasteiger partial charge in [0, 0.05) is 23.3 Å². The highest BCUT2D eigenvalue weighted by atomic mass is 32.2. The van der Waals surface area contributed by atoms with E-state index in [0.29, 0.717) is 28.5 Å². The van der Waals surface area contributed by atoms with Gasteiger partial charge >= 0.3 is 0 Å². The van der Waals surface area contributed by atoms with Crippen LogP contribution in [0.3, 0.4) is 0 Å². The van der Waals surface area contributed by atoms with Crippen LogP contribution in [-0.4, -0.2) is 33.0 Å². The Labute approximate surface area is 159 Å². The fourth-order valence-electron chi connectivity index (χ4n) is 2.81. The molecule has 2 atom stereocenters. The van der Waals surface area contributed by atoms with Crippen molar-refractivity contribution in [1.82, 2.24) is 9.97 Å². The van der Waals surface area contributed by atoms with E-state index in [-0.39, 0.29) is 10.9 Å². The first-order valence-electron chi connectivity index (χ1n) is 8.15. The summed E-state index contributed by atoms with van der Waals surface area (Å²) in [7, 11) is 0. The van der Waals surface area contributed by atoms with Gasteiger partial charge in [-0.15, -0.1) is 0 Å². The summed E-state index contributed by atoms with van der Waals surface area (Å²) in [5.74, 6) is -0.411. The molecule has 0 aromatic carbocycles. The minimum Gasteiger partial charge on any atom is -0.379 e. The molecule has 3 heterocycles. The van der Waals surface area contributed by atoms with E-state index in [0.717, 1.165) is 0 Å². The maximum absolute atomic E-state index is 13.2. The Morgan fingerprint density at radius 1 is 1.48 bits per heavy atom. The topological polar surface area (TPSA) is 117 Å². The first-order valence-corrected chi connectivity index (χ1v) is 9.03. The number of aliphatic imine (C=N–C) groups is 1. The monoisotopic (exact) mass is 384 g/mol. The summed E-state index contributed by atoms with van der Waals surface area (Å²) in [6.07, 6.45) is 3.35. The highest BCUT2D eigenvalue weighted by Crippen LogP contribution is 2.38. The molecule has 27 heavy (non-hydrogen) atoms. The zero-order chi connectivity index (χ0) is 19.4. The zero-order valence-corrected chi connectivity index (χ0v) is 15.3. The van der Waals surface area contributed by atoms with Crippen molar-refractivity contribution >= 4 is 28.5 Å². The van der Waals surface area contributed by atoms with Crippen LogP contribution in [-0.2, 0) is 5.54 Å². The maximum Gasteiger partial charge on any atom is 0.274 e. The van der Waals surface area contributed by atoms with Gasteiger partial charge in [0.15, 0.2) is 5.17 Å². The zero-order valence-electron chi connectivity index (χ0n) is 14.5. The van der Waals surface area contributed by atoms with Crippen molar-refractivity contribution in [2.24, 2.45) is 10.7 Å². The molecule has 2 aromatic heterocycles. The number of anilines is 1. The van der Waals surface area contributed by atoms with E-state index in [4.69, 9.17) is 11.0 Å². The van der Waals surface area contributed by atoms with Crippen LogP contribution in [0.15, 0.2) is 41.7 Å². The maximum atomic E-state index is 13.2. The summed E-state index contributed by atoms with van der Waals surface area (Å²) in [4.78, 5) is 25.1. The molecular weight excluding hydrogens is 367 g/mol. The molecule has 0 fully saturated rings. The number of thioether (sulfide) groups is 1. The van der Waals surface area contributed by atoms with E-state index in [9.17, 15) is 9.18 Å². The number of nitrogens with one attached hydrogen (secondary N) is 1. The molecule has 0 saturated carbocycles. The van der Waals surface area contributed by atoms with Gasteiger partial charge in [0.2, 0.25) is 0 Å². The fourth-order valence-corrected chi connectivity index (χ4v) is 3.88. The van der Waals surface area contributed by atoms with Gasteiger partial charge in [0.25, 0.3) is 5.91 Å². The van der Waals surface area contributed by atoms with Crippen LogP contribution in [0.25, 0.3) is 0 Å². The lowest BCUT2D eigenvalue weighted by Gasteiger charge is -2.32. The third kappa shape index (κ3) is 4.23. The number of amides is 1. The molecule has 3 rings (SSSR count). The van der Waals surface area contributed by atoms with Crippen molar-refractivity contribution in [1.29, 1.82) is 5.26 Å². The Bertz CT molecular complexity index is 926. The van der Waals surface area contributed by atoms with Crippen LogP contribution in [0.5, 0.6) is 0 Å². The summed E-state index contributed by atoms with van der Waals surface area (Å²) in [5, 5.41) is 11.6. The molecular formula is C18H17FN6OS. The summed E-state index contributed by atoms with van der Waals surface area (Å²) in [6, 6.07) is 8.29. The number of rotatable bonds is 4. The predicted octanol–water partition coefficient (Wildman–Crippen LogP) is 2.61. The van der Waals surface area contributed by atoms with E-state index < -0.39 is 18.1 Å². The summed E-state index contributed by atoms with van der Waals surface area (Å²) in [6.45, 7) is 1.34. The minimum atomic E-state index is -0.764. The smallest absolute Gasteiger partial charge is 0.274 e. The van der Waals surface area contributed by atoms with Crippen molar-refractivity contribution in [3.05, 3.63) is 53.6 Å². The number of halogens is 1. The largest absolute Gasteiger partial charge is 0.379 e. The minimum absolute atomic E-state index is 0.187. The number of carbonyl (C=O) groups is 1. The Hall–Kier alpha value is -2.99. The molecule has 2 aromatic rings. The van der Waals surface area contributed by atoms with E-state index in [2.05, 4.69) is 20.3 Å². The summed E-state index contributed by atoms with van der Waals surface area (Å²) in [5.41, 5.74) is 6.75. The molecule has 0 radical (unpaired) electrons. The van der Waals surface area contributed by atoms with Crippen LogP contribution in [0.2, 0.25) is 0 Å². The standard InChI is InChI=1S/C18H17FN6OS/c1-18(7-13(8-19)27-17(21)25-18)15-6-12(4-5-22-15)24-16(26)14-3-2-11(9-20)10-23-14/h2-6,10,13H,7-8H2,1H3,(H2,21,25)(H,22,24,26)/t13-,18-/m0/s1. The lowest BCUT2D eigenvalue weighted by atomic mass is 9.91. The molecule has 0 unspecified atom stereocenters. The number of pyridine rings is 2. The first-order chi connectivity index (χ1) is 12.9. The molecule has 0 spiro atoms. The lowest BCUT2D eigenvalue weighted by molar-refractivity contribution is 0.102.